The van der Waals surface area contributed by atoms with Crippen LogP contribution in [0, 0.1) is 0 Å². The van der Waals surface area contributed by atoms with Crippen molar-refractivity contribution in [1.29, 1.82) is 0 Å². The summed E-state index contributed by atoms with van der Waals surface area (Å²) in [6.45, 7) is 0. The summed E-state index contributed by atoms with van der Waals surface area (Å²) in [6, 6.07) is 36.7. The summed E-state index contributed by atoms with van der Waals surface area (Å²) in [6.07, 6.45) is 7.34. The number of hydrogen-bond acceptors (Lipinski definition) is 3. The molecule has 2 heterocycles. The Bertz CT molecular complexity index is 1610. The first kappa shape index (κ1) is 19.7. The van der Waals surface area contributed by atoms with Crippen molar-refractivity contribution in [2.24, 2.45) is 0 Å². The summed E-state index contributed by atoms with van der Waals surface area (Å²) >= 11 is 0. The Kier molecular flexibility index (Phi) is 4.46. The second kappa shape index (κ2) is 7.93. The molecule has 0 aliphatic heterocycles. The summed E-state index contributed by atoms with van der Waals surface area (Å²) in [7, 11) is 0. The highest BCUT2D eigenvalue weighted by Crippen LogP contribution is 2.49. The molecule has 164 valence electrons. The van der Waals surface area contributed by atoms with Gasteiger partial charge in [-0.3, -0.25) is 9.97 Å². The highest BCUT2D eigenvalue weighted by molar-refractivity contribution is 6.18. The van der Waals surface area contributed by atoms with Gasteiger partial charge in [0, 0.05) is 18.1 Å². The Morgan fingerprint density at radius 2 is 1.03 bits per heavy atom. The Balaban J connectivity index is 1.34. The average molecular weight is 448 g/mol. The van der Waals surface area contributed by atoms with Crippen LogP contribution in [-0.2, 0) is 0 Å². The molecule has 0 amide bonds. The van der Waals surface area contributed by atoms with Crippen LogP contribution in [0.1, 0.15) is 0 Å². The Labute approximate surface area is 204 Å². The van der Waals surface area contributed by atoms with Crippen molar-refractivity contribution in [3.05, 3.63) is 128 Å². The van der Waals surface area contributed by atoms with Crippen molar-refractivity contribution in [3.63, 3.8) is 0 Å². The molecule has 6 aromatic rings. The standard InChI is InChI=1S/C32H21N3/c1-2-9-28-27(8-1)30-11-3-10-29-26(16-17-31(28)32(29)30)22-12-14-23(15-13-22)35(24-6-4-18-33-20-24)25-7-5-19-34-21-25/h1-21H. The van der Waals surface area contributed by atoms with Crippen molar-refractivity contribution < 1.29 is 0 Å². The van der Waals surface area contributed by atoms with Crippen molar-refractivity contribution in [2.45, 2.75) is 0 Å². The molecule has 35 heavy (non-hydrogen) atoms. The molecule has 4 aromatic carbocycles. The number of nitrogens with zero attached hydrogens (tertiary/aromatic N) is 3. The summed E-state index contributed by atoms with van der Waals surface area (Å²) in [5.41, 5.74) is 10.8. The Morgan fingerprint density at radius 1 is 0.429 bits per heavy atom. The quantitative estimate of drug-likeness (QED) is 0.271. The van der Waals surface area contributed by atoms with Crippen LogP contribution in [-0.4, -0.2) is 9.97 Å². The first-order valence-electron chi connectivity index (χ1n) is 11.7. The number of aromatic nitrogens is 2. The molecule has 0 atom stereocenters. The molecule has 3 nitrogen and oxygen atoms in total. The predicted octanol–water partition coefficient (Wildman–Crippen LogP) is 8.41. The molecule has 0 unspecified atom stereocenters. The normalized spacial score (nSPS) is 11.4. The third-order valence-electron chi connectivity index (χ3n) is 6.79. The smallest absolute Gasteiger partial charge is 0.0645 e. The van der Waals surface area contributed by atoms with Crippen LogP contribution >= 0.6 is 0 Å². The fourth-order valence-electron chi connectivity index (χ4n) is 5.27. The molecule has 0 saturated heterocycles. The van der Waals surface area contributed by atoms with Gasteiger partial charge in [0.05, 0.1) is 23.8 Å². The van der Waals surface area contributed by atoms with Crippen LogP contribution in [0.25, 0.3) is 44.2 Å². The van der Waals surface area contributed by atoms with Gasteiger partial charge in [-0.1, -0.05) is 66.7 Å². The van der Waals surface area contributed by atoms with E-state index in [4.69, 9.17) is 0 Å². The number of anilines is 3. The molecular weight excluding hydrogens is 426 g/mol. The van der Waals surface area contributed by atoms with Gasteiger partial charge < -0.3 is 4.90 Å². The monoisotopic (exact) mass is 447 g/mol. The second-order valence-electron chi connectivity index (χ2n) is 8.74. The minimum Gasteiger partial charge on any atom is -0.307 e. The number of fused-ring (bicyclic) bond motifs is 3. The molecule has 1 aliphatic rings. The average Bonchev–Trinajstić information content (AvgIpc) is 3.26. The number of pyridine rings is 2. The maximum atomic E-state index is 4.33. The lowest BCUT2D eigenvalue weighted by atomic mass is 9.94. The summed E-state index contributed by atoms with van der Waals surface area (Å²) in [4.78, 5) is 10.8. The van der Waals surface area contributed by atoms with E-state index in [0.29, 0.717) is 0 Å². The SMILES string of the molecule is c1cncc(N(c2ccc(-c3ccc4c5c(cccc35)-c3ccccc3-4)cc2)c2cccnc2)c1. The summed E-state index contributed by atoms with van der Waals surface area (Å²) in [5.74, 6) is 0. The fourth-order valence-corrected chi connectivity index (χ4v) is 5.27. The van der Waals surface area contributed by atoms with Gasteiger partial charge in [-0.2, -0.15) is 0 Å². The predicted molar refractivity (Wildman–Crippen MR) is 144 cm³/mol. The Hall–Kier alpha value is -4.76. The molecule has 7 rings (SSSR count). The first-order valence-corrected chi connectivity index (χ1v) is 11.7. The van der Waals surface area contributed by atoms with E-state index in [0.717, 1.165) is 17.1 Å². The van der Waals surface area contributed by atoms with Gasteiger partial charge in [0.25, 0.3) is 0 Å². The van der Waals surface area contributed by atoms with Crippen LogP contribution in [0.3, 0.4) is 0 Å². The first-order chi connectivity index (χ1) is 17.4. The van der Waals surface area contributed by atoms with Crippen LogP contribution in [0.4, 0.5) is 17.1 Å². The minimum atomic E-state index is 0.997. The van der Waals surface area contributed by atoms with E-state index in [9.17, 15) is 0 Å². The van der Waals surface area contributed by atoms with Crippen LogP contribution < -0.4 is 4.90 Å². The lowest BCUT2D eigenvalue weighted by Crippen LogP contribution is -2.10. The van der Waals surface area contributed by atoms with Gasteiger partial charge in [0.2, 0.25) is 0 Å². The maximum Gasteiger partial charge on any atom is 0.0645 e. The zero-order valence-corrected chi connectivity index (χ0v) is 19.0. The summed E-state index contributed by atoms with van der Waals surface area (Å²) in [5, 5.41) is 2.64. The van der Waals surface area contributed by atoms with Crippen molar-refractivity contribution >= 4 is 27.8 Å². The fraction of sp³-hybridized carbons (Fsp3) is 0. The molecule has 0 bridgehead atoms. The topological polar surface area (TPSA) is 29.0 Å². The molecule has 0 spiro atoms. The van der Waals surface area contributed by atoms with E-state index in [-0.39, 0.29) is 0 Å². The minimum absolute atomic E-state index is 0.997. The lowest BCUT2D eigenvalue weighted by Gasteiger charge is -2.24. The molecule has 0 N–H and O–H groups in total. The second-order valence-corrected chi connectivity index (χ2v) is 8.74. The van der Waals surface area contributed by atoms with Crippen LogP contribution in [0.15, 0.2) is 128 Å². The highest BCUT2D eigenvalue weighted by Gasteiger charge is 2.22. The van der Waals surface area contributed by atoms with Gasteiger partial charge in [-0.15, -0.1) is 0 Å². The van der Waals surface area contributed by atoms with Crippen LogP contribution in [0.5, 0.6) is 0 Å². The molecule has 0 saturated carbocycles. The zero-order chi connectivity index (χ0) is 23.2. The van der Waals surface area contributed by atoms with Crippen molar-refractivity contribution in [3.8, 4) is 33.4 Å². The molecule has 0 radical (unpaired) electrons. The third-order valence-corrected chi connectivity index (χ3v) is 6.79. The highest BCUT2D eigenvalue weighted by atomic mass is 15.2. The van der Waals surface area contributed by atoms with Gasteiger partial charge in [0.1, 0.15) is 0 Å². The van der Waals surface area contributed by atoms with E-state index < -0.39 is 0 Å². The summed E-state index contributed by atoms with van der Waals surface area (Å²) < 4.78 is 0. The Morgan fingerprint density at radius 3 is 1.66 bits per heavy atom. The van der Waals surface area contributed by atoms with E-state index in [1.54, 1.807) is 12.4 Å². The number of benzene rings is 4. The largest absolute Gasteiger partial charge is 0.307 e. The molecule has 1 aliphatic carbocycles. The molecular formula is C32H21N3. The maximum absolute atomic E-state index is 4.33. The van der Waals surface area contributed by atoms with Crippen LogP contribution in [0.2, 0.25) is 0 Å². The van der Waals surface area contributed by atoms with Gasteiger partial charge in [0.15, 0.2) is 0 Å². The van der Waals surface area contributed by atoms with Gasteiger partial charge >= 0.3 is 0 Å². The zero-order valence-electron chi connectivity index (χ0n) is 19.0. The van der Waals surface area contributed by atoms with Gasteiger partial charge in [-0.25, -0.2) is 0 Å². The van der Waals surface area contributed by atoms with Gasteiger partial charge in [-0.05, 0) is 80.6 Å². The van der Waals surface area contributed by atoms with E-state index in [2.05, 4.69) is 106 Å². The van der Waals surface area contributed by atoms with Crippen molar-refractivity contribution in [1.82, 2.24) is 9.97 Å². The van der Waals surface area contributed by atoms with E-state index >= 15 is 0 Å². The number of hydrogen-bond donors (Lipinski definition) is 0. The molecule has 2 aromatic heterocycles. The van der Waals surface area contributed by atoms with Crippen molar-refractivity contribution in [2.75, 3.05) is 4.90 Å². The van der Waals surface area contributed by atoms with E-state index in [1.807, 2.05) is 24.5 Å². The molecule has 0 fully saturated rings. The number of rotatable bonds is 4. The lowest BCUT2D eigenvalue weighted by molar-refractivity contribution is 1.20. The van der Waals surface area contributed by atoms with E-state index in [1.165, 1.54) is 44.2 Å². The third kappa shape index (κ3) is 3.13. The molecule has 3 heteroatoms.